The van der Waals surface area contributed by atoms with Crippen molar-refractivity contribution in [2.75, 3.05) is 19.7 Å². The van der Waals surface area contributed by atoms with Crippen molar-refractivity contribution in [3.8, 4) is 0 Å². The van der Waals surface area contributed by atoms with E-state index in [0.717, 1.165) is 31.5 Å². The number of hydrogen-bond acceptors (Lipinski definition) is 3. The zero-order chi connectivity index (χ0) is 11.5. The first-order valence-electron chi connectivity index (χ1n) is 5.66. The van der Waals surface area contributed by atoms with Gasteiger partial charge in [-0.15, -0.1) is 0 Å². The number of furan rings is 1. The lowest BCUT2D eigenvalue weighted by Gasteiger charge is -2.15. The highest BCUT2D eigenvalue weighted by molar-refractivity contribution is 5.93. The van der Waals surface area contributed by atoms with Gasteiger partial charge in [0.1, 0.15) is 0 Å². The number of carbonyl (C=O) groups excluding carboxylic acids is 1. The van der Waals surface area contributed by atoms with Crippen LogP contribution in [0.25, 0.3) is 0 Å². The highest BCUT2D eigenvalue weighted by Gasteiger charge is 2.28. The SMILES string of the molecule is Cc1ccoc1C(=O)N1CCC(CCO)C1. The fourth-order valence-corrected chi connectivity index (χ4v) is 2.17. The monoisotopic (exact) mass is 223 g/mol. The van der Waals surface area contributed by atoms with Gasteiger partial charge >= 0.3 is 0 Å². The molecule has 4 heteroatoms. The first kappa shape index (κ1) is 11.2. The summed E-state index contributed by atoms with van der Waals surface area (Å²) in [4.78, 5) is 13.9. The van der Waals surface area contributed by atoms with Gasteiger partial charge in [-0.1, -0.05) is 0 Å². The molecule has 1 saturated heterocycles. The Labute approximate surface area is 94.9 Å². The largest absolute Gasteiger partial charge is 0.459 e. The fraction of sp³-hybridized carbons (Fsp3) is 0.583. The molecule has 1 fully saturated rings. The number of aliphatic hydroxyl groups is 1. The maximum atomic E-state index is 12.0. The van der Waals surface area contributed by atoms with Gasteiger partial charge in [0.2, 0.25) is 0 Å². The van der Waals surface area contributed by atoms with Crippen molar-refractivity contribution >= 4 is 5.91 Å². The predicted octanol–water partition coefficient (Wildman–Crippen LogP) is 1.43. The van der Waals surface area contributed by atoms with Crippen LogP contribution in [-0.4, -0.2) is 35.6 Å². The van der Waals surface area contributed by atoms with Crippen LogP contribution in [-0.2, 0) is 0 Å². The Morgan fingerprint density at radius 1 is 1.69 bits per heavy atom. The van der Waals surface area contributed by atoms with Gasteiger partial charge in [0, 0.05) is 25.3 Å². The summed E-state index contributed by atoms with van der Waals surface area (Å²) in [5.41, 5.74) is 0.885. The Kier molecular flexibility index (Phi) is 3.29. The van der Waals surface area contributed by atoms with Crippen LogP contribution in [0.15, 0.2) is 16.7 Å². The molecule has 1 aliphatic heterocycles. The summed E-state index contributed by atoms with van der Waals surface area (Å²) >= 11 is 0. The molecule has 0 radical (unpaired) electrons. The molecule has 1 N–H and O–H groups in total. The molecule has 0 bridgehead atoms. The normalized spacial score (nSPS) is 20.4. The quantitative estimate of drug-likeness (QED) is 0.843. The van der Waals surface area contributed by atoms with Crippen molar-refractivity contribution in [2.24, 2.45) is 5.92 Å². The van der Waals surface area contributed by atoms with Gasteiger partial charge in [-0.05, 0) is 31.7 Å². The average molecular weight is 223 g/mol. The van der Waals surface area contributed by atoms with Crippen molar-refractivity contribution in [2.45, 2.75) is 19.8 Å². The predicted molar refractivity (Wildman–Crippen MR) is 59.2 cm³/mol. The summed E-state index contributed by atoms with van der Waals surface area (Å²) in [7, 11) is 0. The van der Waals surface area contributed by atoms with E-state index in [1.807, 2.05) is 11.8 Å². The van der Waals surface area contributed by atoms with Crippen LogP contribution in [0.1, 0.15) is 29.0 Å². The minimum absolute atomic E-state index is 0.0251. The summed E-state index contributed by atoms with van der Waals surface area (Å²) in [5.74, 6) is 0.858. The lowest BCUT2D eigenvalue weighted by molar-refractivity contribution is 0.0752. The molecule has 2 heterocycles. The molecule has 0 saturated carbocycles. The average Bonchev–Trinajstić information content (AvgIpc) is 2.87. The number of aryl methyl sites for hydroxylation is 1. The number of rotatable bonds is 3. The van der Waals surface area contributed by atoms with Gasteiger partial charge in [-0.25, -0.2) is 0 Å². The van der Waals surface area contributed by atoms with Crippen LogP contribution in [0.4, 0.5) is 0 Å². The third-order valence-electron chi connectivity index (χ3n) is 3.17. The number of carbonyl (C=O) groups is 1. The summed E-state index contributed by atoms with van der Waals surface area (Å²) < 4.78 is 5.19. The van der Waals surface area contributed by atoms with Crippen molar-refractivity contribution in [3.63, 3.8) is 0 Å². The molecule has 1 aromatic heterocycles. The van der Waals surface area contributed by atoms with Gasteiger partial charge < -0.3 is 14.4 Å². The van der Waals surface area contributed by atoms with Gasteiger partial charge in [0.05, 0.1) is 6.26 Å². The van der Waals surface area contributed by atoms with Gasteiger partial charge in [0.15, 0.2) is 5.76 Å². The third kappa shape index (κ3) is 2.11. The van der Waals surface area contributed by atoms with E-state index in [2.05, 4.69) is 0 Å². The highest BCUT2D eigenvalue weighted by atomic mass is 16.3. The summed E-state index contributed by atoms with van der Waals surface area (Å²) in [5, 5.41) is 8.86. The molecule has 1 unspecified atom stereocenters. The van der Waals surface area contributed by atoms with Crippen LogP contribution in [0.2, 0.25) is 0 Å². The van der Waals surface area contributed by atoms with E-state index >= 15 is 0 Å². The molecule has 1 atom stereocenters. The molecule has 4 nitrogen and oxygen atoms in total. The number of aliphatic hydroxyl groups excluding tert-OH is 1. The van der Waals surface area contributed by atoms with Gasteiger partial charge in [-0.3, -0.25) is 4.79 Å². The number of amides is 1. The molecule has 0 aromatic carbocycles. The standard InChI is InChI=1S/C12H17NO3/c1-9-4-7-16-11(9)12(15)13-5-2-10(8-13)3-6-14/h4,7,10,14H,2-3,5-6,8H2,1H3. The first-order chi connectivity index (χ1) is 7.72. The molecular weight excluding hydrogens is 206 g/mol. The van der Waals surface area contributed by atoms with Crippen LogP contribution in [0, 0.1) is 12.8 Å². The number of hydrogen-bond donors (Lipinski definition) is 1. The second-order valence-corrected chi connectivity index (χ2v) is 4.35. The molecular formula is C12H17NO3. The Balaban J connectivity index is 2.00. The fourth-order valence-electron chi connectivity index (χ4n) is 2.17. The molecule has 0 spiro atoms. The number of likely N-dealkylation sites (tertiary alicyclic amines) is 1. The zero-order valence-electron chi connectivity index (χ0n) is 9.48. The minimum Gasteiger partial charge on any atom is -0.459 e. The highest BCUT2D eigenvalue weighted by Crippen LogP contribution is 2.22. The van der Waals surface area contributed by atoms with Gasteiger partial charge in [0.25, 0.3) is 5.91 Å². The Bertz CT molecular complexity index is 372. The number of nitrogens with zero attached hydrogens (tertiary/aromatic N) is 1. The second kappa shape index (κ2) is 4.70. The van der Waals surface area contributed by atoms with E-state index in [9.17, 15) is 4.79 Å². The summed E-state index contributed by atoms with van der Waals surface area (Å²) in [6, 6.07) is 1.80. The Morgan fingerprint density at radius 3 is 3.12 bits per heavy atom. The molecule has 1 aromatic rings. The van der Waals surface area contributed by atoms with E-state index in [1.165, 1.54) is 0 Å². The molecule has 2 rings (SSSR count). The third-order valence-corrected chi connectivity index (χ3v) is 3.17. The van der Waals surface area contributed by atoms with Crippen LogP contribution >= 0.6 is 0 Å². The van der Waals surface area contributed by atoms with Crippen molar-refractivity contribution in [1.82, 2.24) is 4.90 Å². The smallest absolute Gasteiger partial charge is 0.289 e. The van der Waals surface area contributed by atoms with E-state index in [1.54, 1.807) is 12.3 Å². The molecule has 16 heavy (non-hydrogen) atoms. The maximum Gasteiger partial charge on any atom is 0.289 e. The van der Waals surface area contributed by atoms with Crippen molar-refractivity contribution < 1.29 is 14.3 Å². The molecule has 88 valence electrons. The Hall–Kier alpha value is -1.29. The lowest BCUT2D eigenvalue weighted by Crippen LogP contribution is -2.28. The zero-order valence-corrected chi connectivity index (χ0v) is 9.48. The first-order valence-corrected chi connectivity index (χ1v) is 5.66. The van der Waals surface area contributed by atoms with Crippen LogP contribution < -0.4 is 0 Å². The van der Waals surface area contributed by atoms with E-state index in [-0.39, 0.29) is 12.5 Å². The van der Waals surface area contributed by atoms with E-state index in [4.69, 9.17) is 9.52 Å². The van der Waals surface area contributed by atoms with Gasteiger partial charge in [-0.2, -0.15) is 0 Å². The van der Waals surface area contributed by atoms with E-state index < -0.39 is 0 Å². The molecule has 1 amide bonds. The second-order valence-electron chi connectivity index (χ2n) is 4.35. The van der Waals surface area contributed by atoms with E-state index in [0.29, 0.717) is 11.7 Å². The molecule has 0 aliphatic carbocycles. The molecule has 1 aliphatic rings. The summed E-state index contributed by atoms with van der Waals surface area (Å²) in [6.45, 7) is 3.58. The Morgan fingerprint density at radius 2 is 2.50 bits per heavy atom. The van der Waals surface area contributed by atoms with Crippen LogP contribution in [0.5, 0.6) is 0 Å². The van der Waals surface area contributed by atoms with Crippen LogP contribution in [0.3, 0.4) is 0 Å². The lowest BCUT2D eigenvalue weighted by atomic mass is 10.1. The maximum absolute atomic E-state index is 12.0. The van der Waals surface area contributed by atoms with Crippen molar-refractivity contribution in [1.29, 1.82) is 0 Å². The topological polar surface area (TPSA) is 53.7 Å². The minimum atomic E-state index is -0.0251. The van der Waals surface area contributed by atoms with Crippen molar-refractivity contribution in [3.05, 3.63) is 23.7 Å². The summed E-state index contributed by atoms with van der Waals surface area (Å²) in [6.07, 6.45) is 3.30.